The maximum Gasteiger partial charge on any atom is 0.248 e. The lowest BCUT2D eigenvalue weighted by Gasteiger charge is -2.28. The van der Waals surface area contributed by atoms with Crippen molar-refractivity contribution < 1.29 is 19.4 Å². The van der Waals surface area contributed by atoms with Crippen molar-refractivity contribution in [2.75, 3.05) is 32.9 Å². The molecule has 1 fully saturated rings. The van der Waals surface area contributed by atoms with E-state index in [2.05, 4.69) is 6.92 Å². The van der Waals surface area contributed by atoms with Gasteiger partial charge >= 0.3 is 0 Å². The van der Waals surface area contributed by atoms with Gasteiger partial charge in [0, 0.05) is 6.54 Å². The maximum atomic E-state index is 11.6. The topological polar surface area (TPSA) is 59.0 Å². The number of β-amino-alcohol motifs (C(OH)–C–C–N with tert-alkyl or cyclic N) is 1. The molecule has 0 spiro atoms. The number of carbonyl (C=O) groups excluding carboxylic acids is 1. The summed E-state index contributed by atoms with van der Waals surface area (Å²) in [5, 5.41) is 10.2. The van der Waals surface area contributed by atoms with Gasteiger partial charge in [-0.15, -0.1) is 0 Å². The first-order chi connectivity index (χ1) is 9.70. The van der Waals surface area contributed by atoms with E-state index in [1.165, 1.54) is 0 Å². The van der Waals surface area contributed by atoms with Gasteiger partial charge in [0.1, 0.15) is 12.4 Å². The first-order valence-corrected chi connectivity index (χ1v) is 6.97. The predicted molar refractivity (Wildman–Crippen MR) is 74.6 cm³/mol. The van der Waals surface area contributed by atoms with Crippen LogP contribution in [-0.4, -0.2) is 48.8 Å². The lowest BCUT2D eigenvalue weighted by molar-refractivity contribution is -0.144. The summed E-state index contributed by atoms with van der Waals surface area (Å²) in [6, 6.07) is 7.35. The van der Waals surface area contributed by atoms with E-state index in [4.69, 9.17) is 9.47 Å². The number of aliphatic hydroxyl groups is 1. The van der Waals surface area contributed by atoms with Gasteiger partial charge in [0.15, 0.2) is 0 Å². The molecule has 1 aliphatic rings. The van der Waals surface area contributed by atoms with E-state index in [1.807, 2.05) is 24.3 Å². The summed E-state index contributed by atoms with van der Waals surface area (Å²) < 4.78 is 10.6. The summed E-state index contributed by atoms with van der Waals surface area (Å²) in [7, 11) is 0. The smallest absolute Gasteiger partial charge is 0.248 e. The van der Waals surface area contributed by atoms with E-state index in [-0.39, 0.29) is 12.5 Å². The zero-order chi connectivity index (χ0) is 14.4. The van der Waals surface area contributed by atoms with Crippen LogP contribution in [0.25, 0.3) is 0 Å². The van der Waals surface area contributed by atoms with Crippen molar-refractivity contribution in [3.05, 3.63) is 29.8 Å². The summed E-state index contributed by atoms with van der Waals surface area (Å²) in [5.41, 5.74) is 0.785. The molecule has 0 aromatic heterocycles. The van der Waals surface area contributed by atoms with Gasteiger partial charge in [0.25, 0.3) is 0 Å². The van der Waals surface area contributed by atoms with Gasteiger partial charge in [-0.1, -0.05) is 19.1 Å². The second kappa shape index (κ2) is 7.26. The largest absolute Gasteiger partial charge is 0.494 e. The van der Waals surface area contributed by atoms with Crippen LogP contribution in [0.5, 0.6) is 5.75 Å². The van der Waals surface area contributed by atoms with Crippen LogP contribution in [0.2, 0.25) is 0 Å². The van der Waals surface area contributed by atoms with Crippen molar-refractivity contribution in [2.24, 2.45) is 0 Å². The van der Waals surface area contributed by atoms with Crippen molar-refractivity contribution in [3.63, 3.8) is 0 Å². The van der Waals surface area contributed by atoms with E-state index < -0.39 is 6.10 Å². The minimum Gasteiger partial charge on any atom is -0.494 e. The number of benzene rings is 1. The summed E-state index contributed by atoms with van der Waals surface area (Å²) in [5.74, 6) is 0.725. The lowest BCUT2D eigenvalue weighted by atomic mass is 10.1. The third-order valence-corrected chi connectivity index (χ3v) is 3.21. The molecule has 5 heteroatoms. The molecule has 1 saturated heterocycles. The van der Waals surface area contributed by atoms with Gasteiger partial charge in [-0.2, -0.15) is 0 Å². The first kappa shape index (κ1) is 14.8. The van der Waals surface area contributed by atoms with Crippen molar-refractivity contribution in [1.82, 2.24) is 4.90 Å². The Morgan fingerprint density at radius 1 is 1.40 bits per heavy atom. The highest BCUT2D eigenvalue weighted by molar-refractivity contribution is 5.78. The second-order valence-electron chi connectivity index (χ2n) is 4.83. The van der Waals surface area contributed by atoms with Crippen molar-refractivity contribution in [2.45, 2.75) is 19.4 Å². The Morgan fingerprint density at radius 2 is 2.15 bits per heavy atom. The Hall–Kier alpha value is -1.59. The van der Waals surface area contributed by atoms with Crippen LogP contribution in [0.1, 0.15) is 25.0 Å². The number of hydrogen-bond acceptors (Lipinski definition) is 4. The molecular formula is C15H21NO4. The SMILES string of the molecule is CCCOc1ccc(C(O)CN2CCOCC2=O)cc1. The van der Waals surface area contributed by atoms with Gasteiger partial charge in [-0.05, 0) is 24.1 Å². The molecule has 5 nitrogen and oxygen atoms in total. The standard InChI is InChI=1S/C15H21NO4/c1-2-8-20-13-5-3-12(4-6-13)14(17)10-16-7-9-19-11-15(16)18/h3-6,14,17H,2,7-11H2,1H3. The van der Waals surface area contributed by atoms with Crippen LogP contribution in [-0.2, 0) is 9.53 Å². The Balaban J connectivity index is 1.91. The summed E-state index contributed by atoms with van der Waals surface area (Å²) >= 11 is 0. The zero-order valence-electron chi connectivity index (χ0n) is 11.7. The van der Waals surface area contributed by atoms with Crippen molar-refractivity contribution >= 4 is 5.91 Å². The van der Waals surface area contributed by atoms with Crippen molar-refractivity contribution in [3.8, 4) is 5.75 Å². The molecule has 0 saturated carbocycles. The highest BCUT2D eigenvalue weighted by Crippen LogP contribution is 2.19. The molecule has 0 aliphatic carbocycles. The molecule has 1 unspecified atom stereocenters. The third-order valence-electron chi connectivity index (χ3n) is 3.21. The van der Waals surface area contributed by atoms with Crippen LogP contribution < -0.4 is 4.74 Å². The molecule has 1 amide bonds. The molecule has 1 aromatic rings. The number of ether oxygens (including phenoxy) is 2. The molecule has 20 heavy (non-hydrogen) atoms. The quantitative estimate of drug-likeness (QED) is 0.854. The van der Waals surface area contributed by atoms with Crippen LogP contribution in [0.15, 0.2) is 24.3 Å². The molecule has 0 radical (unpaired) electrons. The van der Waals surface area contributed by atoms with Crippen molar-refractivity contribution in [1.29, 1.82) is 0 Å². The Kier molecular flexibility index (Phi) is 5.38. The molecule has 1 atom stereocenters. The molecule has 1 N–H and O–H groups in total. The molecule has 1 aliphatic heterocycles. The van der Waals surface area contributed by atoms with Gasteiger partial charge in [-0.25, -0.2) is 0 Å². The highest BCUT2D eigenvalue weighted by Gasteiger charge is 2.21. The maximum absolute atomic E-state index is 11.6. The minimum absolute atomic E-state index is 0.0711. The average Bonchev–Trinajstić information content (AvgIpc) is 2.48. The van der Waals surface area contributed by atoms with Crippen LogP contribution >= 0.6 is 0 Å². The van der Waals surface area contributed by atoms with E-state index in [9.17, 15) is 9.90 Å². The second-order valence-corrected chi connectivity index (χ2v) is 4.83. The van der Waals surface area contributed by atoms with Gasteiger partial charge in [0.2, 0.25) is 5.91 Å². The number of morpholine rings is 1. The molecule has 2 rings (SSSR count). The molecule has 110 valence electrons. The van der Waals surface area contributed by atoms with E-state index in [1.54, 1.807) is 4.90 Å². The molecule has 0 bridgehead atoms. The van der Waals surface area contributed by atoms with Gasteiger partial charge in [0.05, 0.1) is 25.9 Å². The fourth-order valence-corrected chi connectivity index (χ4v) is 2.06. The number of aliphatic hydroxyl groups excluding tert-OH is 1. The number of rotatable bonds is 6. The Labute approximate surface area is 119 Å². The molecule has 1 heterocycles. The normalized spacial score (nSPS) is 17.1. The summed E-state index contributed by atoms with van der Waals surface area (Å²) in [6.07, 6.45) is 0.279. The summed E-state index contributed by atoms with van der Waals surface area (Å²) in [4.78, 5) is 13.2. The fourth-order valence-electron chi connectivity index (χ4n) is 2.06. The fraction of sp³-hybridized carbons (Fsp3) is 0.533. The minimum atomic E-state index is -0.683. The number of amides is 1. The Bertz CT molecular complexity index is 432. The first-order valence-electron chi connectivity index (χ1n) is 6.97. The highest BCUT2D eigenvalue weighted by atomic mass is 16.5. The van der Waals surface area contributed by atoms with Gasteiger partial charge < -0.3 is 19.5 Å². The number of hydrogen-bond donors (Lipinski definition) is 1. The number of carbonyl (C=O) groups is 1. The van der Waals surface area contributed by atoms with Crippen LogP contribution in [0, 0.1) is 0 Å². The van der Waals surface area contributed by atoms with E-state index >= 15 is 0 Å². The van der Waals surface area contributed by atoms with Crippen LogP contribution in [0.4, 0.5) is 0 Å². The monoisotopic (exact) mass is 279 g/mol. The zero-order valence-corrected chi connectivity index (χ0v) is 11.7. The Morgan fingerprint density at radius 3 is 2.80 bits per heavy atom. The van der Waals surface area contributed by atoms with Crippen LogP contribution in [0.3, 0.4) is 0 Å². The van der Waals surface area contributed by atoms with E-state index in [0.717, 1.165) is 17.7 Å². The number of nitrogens with zero attached hydrogens (tertiary/aromatic N) is 1. The average molecular weight is 279 g/mol. The summed E-state index contributed by atoms with van der Waals surface area (Å²) in [6.45, 7) is 4.21. The van der Waals surface area contributed by atoms with Gasteiger partial charge in [-0.3, -0.25) is 4.79 Å². The third kappa shape index (κ3) is 3.95. The van der Waals surface area contributed by atoms with E-state index in [0.29, 0.717) is 26.3 Å². The molecule has 1 aromatic carbocycles. The molecular weight excluding hydrogens is 258 g/mol. The predicted octanol–water partition coefficient (Wildman–Crippen LogP) is 1.37. The lowest BCUT2D eigenvalue weighted by Crippen LogP contribution is -2.43.